The standard InChI is InChI=1S/C25H33N3O5/c1-5-28-19(3)22(18(2)23(28)25(31)32-4)21(29)17-27(12-11-26-13-15-33-16-14-26)24(30)20-9-7-6-8-10-20/h6-10H,5,11-17H2,1-4H3. The molecule has 0 unspecified atom stereocenters. The molecule has 1 saturated heterocycles. The largest absolute Gasteiger partial charge is 0.464 e. The van der Waals surface area contributed by atoms with E-state index in [1.165, 1.54) is 7.11 Å². The van der Waals surface area contributed by atoms with Crippen LogP contribution in [0.3, 0.4) is 0 Å². The number of aromatic nitrogens is 1. The van der Waals surface area contributed by atoms with Crippen molar-refractivity contribution >= 4 is 17.7 Å². The number of hydrogen-bond donors (Lipinski definition) is 0. The van der Waals surface area contributed by atoms with Gasteiger partial charge in [0.2, 0.25) is 0 Å². The zero-order valence-corrected chi connectivity index (χ0v) is 19.9. The maximum Gasteiger partial charge on any atom is 0.354 e. The molecular formula is C25H33N3O5. The molecule has 33 heavy (non-hydrogen) atoms. The average Bonchev–Trinajstić information content (AvgIpc) is 3.10. The fourth-order valence-corrected chi connectivity index (χ4v) is 4.42. The smallest absolute Gasteiger partial charge is 0.354 e. The second-order valence-electron chi connectivity index (χ2n) is 8.14. The number of esters is 1. The average molecular weight is 456 g/mol. The van der Waals surface area contributed by atoms with Crippen LogP contribution in [0.2, 0.25) is 0 Å². The van der Waals surface area contributed by atoms with Crippen LogP contribution in [0.25, 0.3) is 0 Å². The Morgan fingerprint density at radius 3 is 2.36 bits per heavy atom. The fourth-order valence-electron chi connectivity index (χ4n) is 4.42. The van der Waals surface area contributed by atoms with Gasteiger partial charge in [-0.3, -0.25) is 14.5 Å². The van der Waals surface area contributed by atoms with E-state index < -0.39 is 5.97 Å². The number of rotatable bonds is 9. The summed E-state index contributed by atoms with van der Waals surface area (Å²) in [7, 11) is 1.33. The minimum absolute atomic E-state index is 0.0614. The third-order valence-corrected chi connectivity index (χ3v) is 6.17. The molecule has 1 aliphatic rings. The van der Waals surface area contributed by atoms with Crippen LogP contribution in [0.15, 0.2) is 30.3 Å². The lowest BCUT2D eigenvalue weighted by molar-refractivity contribution is 0.0323. The molecule has 0 aliphatic carbocycles. The van der Waals surface area contributed by atoms with Crippen LogP contribution in [-0.2, 0) is 16.0 Å². The molecule has 0 radical (unpaired) electrons. The molecule has 0 N–H and O–H groups in total. The molecule has 1 amide bonds. The van der Waals surface area contributed by atoms with Crippen molar-refractivity contribution in [1.82, 2.24) is 14.4 Å². The Kier molecular flexibility index (Phi) is 8.41. The molecule has 1 aromatic heterocycles. The highest BCUT2D eigenvalue weighted by Gasteiger charge is 2.28. The molecular weight excluding hydrogens is 422 g/mol. The van der Waals surface area contributed by atoms with Gasteiger partial charge in [-0.15, -0.1) is 0 Å². The number of carbonyl (C=O) groups is 3. The molecule has 0 atom stereocenters. The summed E-state index contributed by atoms with van der Waals surface area (Å²) in [5.41, 5.74) is 2.71. The Morgan fingerprint density at radius 2 is 1.76 bits per heavy atom. The van der Waals surface area contributed by atoms with Crippen LogP contribution in [0.5, 0.6) is 0 Å². The van der Waals surface area contributed by atoms with Gasteiger partial charge in [0.05, 0.1) is 26.9 Å². The van der Waals surface area contributed by atoms with Gasteiger partial charge in [-0.1, -0.05) is 18.2 Å². The number of carbonyl (C=O) groups excluding carboxylic acids is 3. The van der Waals surface area contributed by atoms with Crippen molar-refractivity contribution in [2.75, 3.05) is 53.0 Å². The van der Waals surface area contributed by atoms with Crippen molar-refractivity contribution in [3.05, 3.63) is 58.4 Å². The zero-order valence-electron chi connectivity index (χ0n) is 19.9. The van der Waals surface area contributed by atoms with Gasteiger partial charge in [-0.25, -0.2) is 4.79 Å². The summed E-state index contributed by atoms with van der Waals surface area (Å²) in [5.74, 6) is -0.842. The van der Waals surface area contributed by atoms with E-state index in [0.29, 0.717) is 60.9 Å². The predicted molar refractivity (Wildman–Crippen MR) is 125 cm³/mol. The van der Waals surface area contributed by atoms with E-state index in [4.69, 9.17) is 9.47 Å². The van der Waals surface area contributed by atoms with Crippen LogP contribution >= 0.6 is 0 Å². The number of Topliss-reactive ketones (excluding diaryl/α,β-unsaturated/α-hetero) is 1. The number of morpholine rings is 1. The van der Waals surface area contributed by atoms with Gasteiger partial charge in [0.15, 0.2) is 5.78 Å². The van der Waals surface area contributed by atoms with E-state index in [9.17, 15) is 14.4 Å². The summed E-state index contributed by atoms with van der Waals surface area (Å²) >= 11 is 0. The van der Waals surface area contributed by atoms with E-state index >= 15 is 0 Å². The van der Waals surface area contributed by atoms with E-state index in [1.807, 2.05) is 32.0 Å². The lowest BCUT2D eigenvalue weighted by Gasteiger charge is -2.30. The first-order valence-electron chi connectivity index (χ1n) is 11.3. The summed E-state index contributed by atoms with van der Waals surface area (Å²) in [6.07, 6.45) is 0. The molecule has 8 heteroatoms. The Balaban J connectivity index is 1.87. The number of ether oxygens (including phenoxy) is 2. The minimum Gasteiger partial charge on any atom is -0.464 e. The second kappa shape index (κ2) is 11.2. The van der Waals surface area contributed by atoms with Gasteiger partial charge in [0.25, 0.3) is 5.91 Å². The molecule has 1 fully saturated rings. The van der Waals surface area contributed by atoms with Gasteiger partial charge in [-0.2, -0.15) is 0 Å². The van der Waals surface area contributed by atoms with Gasteiger partial charge >= 0.3 is 5.97 Å². The van der Waals surface area contributed by atoms with Crippen molar-refractivity contribution in [1.29, 1.82) is 0 Å². The third kappa shape index (κ3) is 5.51. The van der Waals surface area contributed by atoms with Crippen molar-refractivity contribution in [3.63, 3.8) is 0 Å². The quantitative estimate of drug-likeness (QED) is 0.427. The molecule has 2 heterocycles. The van der Waals surface area contributed by atoms with E-state index in [0.717, 1.165) is 13.1 Å². The minimum atomic E-state index is -0.471. The topological polar surface area (TPSA) is 81.1 Å². The normalized spacial score (nSPS) is 14.2. The highest BCUT2D eigenvalue weighted by atomic mass is 16.5. The maximum absolute atomic E-state index is 13.5. The Bertz CT molecular complexity index is 993. The monoisotopic (exact) mass is 455 g/mol. The highest BCUT2D eigenvalue weighted by molar-refractivity contribution is 6.06. The summed E-state index contributed by atoms with van der Waals surface area (Å²) in [6, 6.07) is 9.00. The molecule has 8 nitrogen and oxygen atoms in total. The molecule has 1 aliphatic heterocycles. The highest BCUT2D eigenvalue weighted by Crippen LogP contribution is 2.24. The molecule has 0 saturated carbocycles. The predicted octanol–water partition coefficient (Wildman–Crippen LogP) is 2.57. The first-order valence-corrected chi connectivity index (χ1v) is 11.3. The number of nitrogens with zero attached hydrogens (tertiary/aromatic N) is 3. The molecule has 1 aromatic carbocycles. The first kappa shape index (κ1) is 24.7. The van der Waals surface area contributed by atoms with Gasteiger partial charge in [0.1, 0.15) is 5.69 Å². The van der Waals surface area contributed by atoms with Crippen LogP contribution in [0, 0.1) is 13.8 Å². The molecule has 3 rings (SSSR count). The fraction of sp³-hybridized carbons (Fsp3) is 0.480. The Hall–Kier alpha value is -2.97. The number of amides is 1. The number of methoxy groups -OCH3 is 1. The summed E-state index contributed by atoms with van der Waals surface area (Å²) in [5, 5.41) is 0. The Morgan fingerprint density at radius 1 is 1.09 bits per heavy atom. The number of hydrogen-bond acceptors (Lipinski definition) is 6. The number of ketones is 1. The zero-order chi connectivity index (χ0) is 24.0. The summed E-state index contributed by atoms with van der Waals surface area (Å²) < 4.78 is 12.1. The van der Waals surface area contributed by atoms with Crippen molar-refractivity contribution in [2.24, 2.45) is 0 Å². The van der Waals surface area contributed by atoms with E-state index in [1.54, 1.807) is 28.5 Å². The molecule has 178 valence electrons. The SMILES string of the molecule is CCn1c(C)c(C(=O)CN(CCN2CCOCC2)C(=O)c2ccccc2)c(C)c1C(=O)OC. The van der Waals surface area contributed by atoms with Gasteiger partial charge < -0.3 is 18.9 Å². The van der Waals surface area contributed by atoms with Crippen LogP contribution in [0.1, 0.15) is 49.4 Å². The first-order chi connectivity index (χ1) is 15.9. The van der Waals surface area contributed by atoms with Crippen LogP contribution in [-0.4, -0.2) is 85.1 Å². The summed E-state index contributed by atoms with van der Waals surface area (Å²) in [4.78, 5) is 43.0. The third-order valence-electron chi connectivity index (χ3n) is 6.17. The lowest BCUT2D eigenvalue weighted by atomic mass is 10.0. The van der Waals surface area contributed by atoms with Crippen molar-refractivity contribution < 1.29 is 23.9 Å². The lowest BCUT2D eigenvalue weighted by Crippen LogP contribution is -2.44. The summed E-state index contributed by atoms with van der Waals surface area (Å²) in [6.45, 7) is 10.0. The van der Waals surface area contributed by atoms with Crippen molar-refractivity contribution in [3.8, 4) is 0 Å². The molecule has 0 bridgehead atoms. The van der Waals surface area contributed by atoms with Crippen LogP contribution < -0.4 is 0 Å². The van der Waals surface area contributed by atoms with E-state index in [-0.39, 0.29) is 18.2 Å². The second-order valence-corrected chi connectivity index (χ2v) is 8.14. The number of benzene rings is 1. The molecule has 2 aromatic rings. The molecule has 0 spiro atoms. The Labute approximate surface area is 195 Å². The van der Waals surface area contributed by atoms with Crippen LogP contribution in [0.4, 0.5) is 0 Å². The van der Waals surface area contributed by atoms with Gasteiger partial charge in [-0.05, 0) is 38.5 Å². The maximum atomic E-state index is 13.5. The van der Waals surface area contributed by atoms with Gasteiger partial charge in [0, 0.05) is 49.5 Å². The van der Waals surface area contributed by atoms with Crippen molar-refractivity contribution in [2.45, 2.75) is 27.3 Å². The van der Waals surface area contributed by atoms with E-state index in [2.05, 4.69) is 4.90 Å².